The molecule has 1 N–H and O–H groups in total. The van der Waals surface area contributed by atoms with Crippen molar-refractivity contribution in [3.05, 3.63) is 30.1 Å². The van der Waals surface area contributed by atoms with Crippen molar-refractivity contribution < 1.29 is 27.1 Å². The molecule has 1 aromatic carbocycles. The van der Waals surface area contributed by atoms with Gasteiger partial charge >= 0.3 is 5.97 Å². The number of hydrogen-bond donors (Lipinski definition) is 1. The van der Waals surface area contributed by atoms with E-state index >= 15 is 0 Å². The van der Waals surface area contributed by atoms with Crippen LogP contribution >= 0.6 is 0 Å². The first-order chi connectivity index (χ1) is 9.13. The number of carboxylic acids is 1. The van der Waals surface area contributed by atoms with Gasteiger partial charge in [0.05, 0.1) is 4.90 Å². The van der Waals surface area contributed by atoms with Gasteiger partial charge in [-0.3, -0.25) is 4.79 Å². The number of benzene rings is 1. The molecule has 0 aromatic heterocycles. The SMILES string of the molecule is C[C@]1(F)C[C@@H](C(=O)O)N(S(=O)(=O)c2ccc(F)cc2)C1. The van der Waals surface area contributed by atoms with Crippen LogP contribution in [0.15, 0.2) is 29.2 Å². The third-order valence-electron chi connectivity index (χ3n) is 3.16. The molecule has 0 amide bonds. The molecule has 0 radical (unpaired) electrons. The topological polar surface area (TPSA) is 74.7 Å². The molecule has 0 bridgehead atoms. The molecule has 5 nitrogen and oxygen atoms in total. The minimum atomic E-state index is -4.17. The van der Waals surface area contributed by atoms with Gasteiger partial charge in [0.2, 0.25) is 10.0 Å². The number of hydrogen-bond acceptors (Lipinski definition) is 3. The van der Waals surface area contributed by atoms with E-state index in [4.69, 9.17) is 5.11 Å². The summed E-state index contributed by atoms with van der Waals surface area (Å²) in [5.74, 6) is -2.02. The van der Waals surface area contributed by atoms with Crippen LogP contribution in [0.3, 0.4) is 0 Å². The van der Waals surface area contributed by atoms with Crippen molar-refractivity contribution in [3.8, 4) is 0 Å². The lowest BCUT2D eigenvalue weighted by Gasteiger charge is -2.20. The van der Waals surface area contributed by atoms with Gasteiger partial charge in [0.1, 0.15) is 17.5 Å². The summed E-state index contributed by atoms with van der Waals surface area (Å²) in [6, 6.07) is 2.50. The van der Waals surface area contributed by atoms with Crippen LogP contribution in [-0.4, -0.2) is 42.1 Å². The summed E-state index contributed by atoms with van der Waals surface area (Å²) in [6.45, 7) is 0.618. The minimum Gasteiger partial charge on any atom is -0.480 e. The van der Waals surface area contributed by atoms with Gasteiger partial charge in [0, 0.05) is 13.0 Å². The molecule has 1 aliphatic rings. The van der Waals surface area contributed by atoms with Gasteiger partial charge in [-0.05, 0) is 31.2 Å². The van der Waals surface area contributed by atoms with E-state index in [1.165, 1.54) is 0 Å². The van der Waals surface area contributed by atoms with Gasteiger partial charge in [0.15, 0.2) is 0 Å². The van der Waals surface area contributed by atoms with E-state index in [1.807, 2.05) is 0 Å². The average molecular weight is 305 g/mol. The Kier molecular flexibility index (Phi) is 3.55. The van der Waals surface area contributed by atoms with Crippen LogP contribution in [0.2, 0.25) is 0 Å². The smallest absolute Gasteiger partial charge is 0.322 e. The first-order valence-corrected chi connectivity index (χ1v) is 7.27. The second-order valence-corrected chi connectivity index (χ2v) is 6.87. The Labute approximate surface area is 114 Å². The molecular formula is C12H13F2NO4S. The third-order valence-corrected chi connectivity index (χ3v) is 5.03. The molecule has 1 fully saturated rings. The maximum absolute atomic E-state index is 14.0. The highest BCUT2D eigenvalue weighted by Crippen LogP contribution is 2.34. The van der Waals surface area contributed by atoms with E-state index in [1.54, 1.807) is 0 Å². The summed E-state index contributed by atoms with van der Waals surface area (Å²) < 4.78 is 52.0. The molecule has 1 saturated heterocycles. The predicted molar refractivity (Wildman–Crippen MR) is 65.8 cm³/mol. The minimum absolute atomic E-state index is 0.261. The lowest BCUT2D eigenvalue weighted by atomic mass is 10.1. The lowest BCUT2D eigenvalue weighted by Crippen LogP contribution is -2.40. The summed E-state index contributed by atoms with van der Waals surface area (Å²) in [6.07, 6.45) is -0.414. The first-order valence-electron chi connectivity index (χ1n) is 5.83. The monoisotopic (exact) mass is 305 g/mol. The number of carbonyl (C=O) groups is 1. The normalized spacial score (nSPS) is 27.6. The molecule has 1 aliphatic heterocycles. The number of sulfonamides is 1. The highest BCUT2D eigenvalue weighted by atomic mass is 32.2. The highest BCUT2D eigenvalue weighted by Gasteiger charge is 2.50. The number of aliphatic carboxylic acids is 1. The van der Waals surface area contributed by atoms with Gasteiger partial charge < -0.3 is 5.11 Å². The van der Waals surface area contributed by atoms with Crippen LogP contribution in [0, 0.1) is 5.82 Å². The van der Waals surface area contributed by atoms with Crippen molar-refractivity contribution in [3.63, 3.8) is 0 Å². The predicted octanol–water partition coefficient (Wildman–Crippen LogP) is 1.40. The summed E-state index contributed by atoms with van der Waals surface area (Å²) in [5.41, 5.74) is -1.91. The molecule has 20 heavy (non-hydrogen) atoms. The van der Waals surface area contributed by atoms with Crippen molar-refractivity contribution >= 4 is 16.0 Å². The van der Waals surface area contributed by atoms with Gasteiger partial charge in [-0.2, -0.15) is 4.31 Å². The zero-order chi connectivity index (χ0) is 15.1. The van der Waals surface area contributed by atoms with Gasteiger partial charge in [0.25, 0.3) is 0 Å². The maximum Gasteiger partial charge on any atom is 0.322 e. The van der Waals surface area contributed by atoms with Crippen molar-refractivity contribution in [2.24, 2.45) is 0 Å². The van der Waals surface area contributed by atoms with E-state index in [0.717, 1.165) is 31.2 Å². The molecule has 2 rings (SSSR count). The van der Waals surface area contributed by atoms with Gasteiger partial charge in [-0.15, -0.1) is 0 Å². The summed E-state index contributed by atoms with van der Waals surface area (Å²) in [4.78, 5) is 10.8. The zero-order valence-corrected chi connectivity index (χ0v) is 11.4. The van der Waals surface area contributed by atoms with Gasteiger partial charge in [-0.1, -0.05) is 0 Å². The lowest BCUT2D eigenvalue weighted by molar-refractivity contribution is -0.140. The molecule has 2 atom stereocenters. The number of halogens is 2. The Morgan fingerprint density at radius 2 is 1.95 bits per heavy atom. The Morgan fingerprint density at radius 3 is 2.45 bits per heavy atom. The zero-order valence-electron chi connectivity index (χ0n) is 10.6. The molecule has 0 saturated carbocycles. The van der Waals surface area contributed by atoms with Crippen LogP contribution in [0.1, 0.15) is 13.3 Å². The fourth-order valence-corrected chi connectivity index (χ4v) is 3.90. The van der Waals surface area contributed by atoms with E-state index in [-0.39, 0.29) is 4.90 Å². The molecule has 8 heteroatoms. The van der Waals surface area contributed by atoms with Crippen LogP contribution in [-0.2, 0) is 14.8 Å². The Balaban J connectivity index is 2.42. The van der Waals surface area contributed by atoms with Gasteiger partial charge in [-0.25, -0.2) is 17.2 Å². The Morgan fingerprint density at radius 1 is 1.40 bits per heavy atom. The summed E-state index contributed by atoms with van der Waals surface area (Å²) in [5, 5.41) is 9.04. The third kappa shape index (κ3) is 2.66. The van der Waals surface area contributed by atoms with Crippen molar-refractivity contribution in [2.45, 2.75) is 30.0 Å². The summed E-state index contributed by atoms with van der Waals surface area (Å²) >= 11 is 0. The van der Waals surface area contributed by atoms with Crippen LogP contribution in [0.5, 0.6) is 0 Å². The van der Waals surface area contributed by atoms with E-state index in [9.17, 15) is 22.0 Å². The molecule has 110 valence electrons. The van der Waals surface area contributed by atoms with Crippen LogP contribution in [0.25, 0.3) is 0 Å². The standard InChI is InChI=1S/C12H13F2NO4S/c1-12(14)6-10(11(16)17)15(7-12)20(18,19)9-4-2-8(13)3-5-9/h2-5,10H,6-7H2,1H3,(H,16,17)/t10-,12-/m0/s1. The molecule has 0 spiro atoms. The molecule has 1 aromatic rings. The van der Waals surface area contributed by atoms with E-state index in [2.05, 4.69) is 0 Å². The molecular weight excluding hydrogens is 292 g/mol. The van der Waals surface area contributed by atoms with E-state index in [0.29, 0.717) is 4.31 Å². The van der Waals surface area contributed by atoms with Crippen molar-refractivity contribution in [2.75, 3.05) is 6.54 Å². The van der Waals surface area contributed by atoms with Crippen molar-refractivity contribution in [1.29, 1.82) is 0 Å². The Bertz CT molecular complexity index is 627. The molecule has 0 unspecified atom stereocenters. The Hall–Kier alpha value is -1.54. The van der Waals surface area contributed by atoms with Crippen LogP contribution < -0.4 is 0 Å². The fourth-order valence-electron chi connectivity index (χ4n) is 2.21. The first kappa shape index (κ1) is 14.9. The average Bonchev–Trinajstić information content (AvgIpc) is 2.67. The fraction of sp³-hybridized carbons (Fsp3) is 0.417. The maximum atomic E-state index is 14.0. The number of carboxylic acid groups (broad SMARTS) is 1. The number of nitrogens with zero attached hydrogens (tertiary/aromatic N) is 1. The highest BCUT2D eigenvalue weighted by molar-refractivity contribution is 7.89. The largest absolute Gasteiger partial charge is 0.480 e. The molecule has 0 aliphatic carbocycles. The second kappa shape index (κ2) is 4.78. The number of alkyl halides is 1. The van der Waals surface area contributed by atoms with E-state index < -0.39 is 46.5 Å². The quantitative estimate of drug-likeness (QED) is 0.916. The summed E-state index contributed by atoms with van der Waals surface area (Å²) in [7, 11) is -4.17. The second-order valence-electron chi connectivity index (χ2n) is 4.98. The number of rotatable bonds is 3. The van der Waals surface area contributed by atoms with Crippen molar-refractivity contribution in [1.82, 2.24) is 4.31 Å². The molecule has 1 heterocycles. The van der Waals surface area contributed by atoms with Crippen LogP contribution in [0.4, 0.5) is 8.78 Å².